The lowest BCUT2D eigenvalue weighted by Gasteiger charge is -2.46. The van der Waals surface area contributed by atoms with Crippen LogP contribution in [0.15, 0.2) is 0 Å². The van der Waals surface area contributed by atoms with Crippen LogP contribution in [0.3, 0.4) is 0 Å². The van der Waals surface area contributed by atoms with E-state index in [0.29, 0.717) is 5.41 Å². The van der Waals surface area contributed by atoms with Crippen LogP contribution in [0.2, 0.25) is 0 Å². The molecule has 0 saturated carbocycles. The first-order valence-electron chi connectivity index (χ1n) is 5.04. The summed E-state index contributed by atoms with van der Waals surface area (Å²) in [7, 11) is 2.23. The molecule has 2 fully saturated rings. The Morgan fingerprint density at radius 2 is 1.77 bits per heavy atom. The second-order valence-electron chi connectivity index (χ2n) is 4.99. The molecule has 2 heterocycles. The van der Waals surface area contributed by atoms with Crippen molar-refractivity contribution in [2.75, 3.05) is 33.2 Å². The first-order chi connectivity index (χ1) is 5.61. The monoisotopic (exact) mass is 184 g/mol. The molecule has 2 aliphatic heterocycles. The van der Waals surface area contributed by atoms with Crippen LogP contribution in [-0.4, -0.2) is 49.1 Å². The molecule has 2 heteroatoms. The summed E-state index contributed by atoms with van der Waals surface area (Å²) in [6, 6.07) is 0.746. The van der Waals surface area contributed by atoms with Gasteiger partial charge in [-0.2, -0.15) is 0 Å². The second kappa shape index (κ2) is 3.58. The molecular weight excluding hydrogens is 160 g/mol. The van der Waals surface area contributed by atoms with E-state index in [0.717, 1.165) is 6.04 Å². The number of hydrogen-bond donors (Lipinski definition) is 0. The van der Waals surface area contributed by atoms with Gasteiger partial charge in [-0.3, -0.25) is 0 Å². The van der Waals surface area contributed by atoms with Crippen molar-refractivity contribution in [1.29, 1.82) is 0 Å². The van der Waals surface area contributed by atoms with Crippen molar-refractivity contribution >= 4 is 0 Å². The lowest BCUT2D eigenvalue weighted by atomic mass is 9.79. The first kappa shape index (κ1) is 11.0. The standard InChI is InChI=1S/C10H20N2.CH4/c1-9(2)12-5-4-10(8-12)6-11(3)7-10;/h9H,4-8H2,1-3H3;1H4. The van der Waals surface area contributed by atoms with Crippen LogP contribution < -0.4 is 0 Å². The summed E-state index contributed by atoms with van der Waals surface area (Å²) in [5, 5.41) is 0. The van der Waals surface area contributed by atoms with E-state index in [-0.39, 0.29) is 7.43 Å². The minimum atomic E-state index is 0. The lowest BCUT2D eigenvalue weighted by molar-refractivity contribution is 0.0280. The predicted octanol–water partition coefficient (Wildman–Crippen LogP) is 1.67. The highest BCUT2D eigenvalue weighted by atomic mass is 15.3. The Kier molecular flexibility index (Phi) is 3.03. The van der Waals surface area contributed by atoms with Gasteiger partial charge in [0, 0.05) is 31.1 Å². The van der Waals surface area contributed by atoms with Gasteiger partial charge >= 0.3 is 0 Å². The van der Waals surface area contributed by atoms with Crippen molar-refractivity contribution in [2.45, 2.75) is 33.7 Å². The highest BCUT2D eigenvalue weighted by Gasteiger charge is 2.46. The molecule has 0 N–H and O–H groups in total. The van der Waals surface area contributed by atoms with E-state index in [1.807, 2.05) is 0 Å². The fourth-order valence-electron chi connectivity index (χ4n) is 2.77. The van der Waals surface area contributed by atoms with Gasteiger partial charge in [-0.1, -0.05) is 7.43 Å². The highest BCUT2D eigenvalue weighted by molar-refractivity contribution is 5.00. The van der Waals surface area contributed by atoms with Crippen molar-refractivity contribution in [3.8, 4) is 0 Å². The molecular formula is C11H24N2. The minimum absolute atomic E-state index is 0. The smallest absolute Gasteiger partial charge is 0.00968 e. The maximum Gasteiger partial charge on any atom is 0.00968 e. The molecule has 0 radical (unpaired) electrons. The molecule has 0 aromatic rings. The third-order valence-corrected chi connectivity index (χ3v) is 3.41. The molecule has 2 nitrogen and oxygen atoms in total. The van der Waals surface area contributed by atoms with Gasteiger partial charge in [-0.05, 0) is 33.9 Å². The zero-order valence-corrected chi connectivity index (χ0v) is 8.51. The van der Waals surface area contributed by atoms with Crippen LogP contribution in [0, 0.1) is 5.41 Å². The number of hydrogen-bond acceptors (Lipinski definition) is 2. The van der Waals surface area contributed by atoms with Gasteiger partial charge in [0.1, 0.15) is 0 Å². The zero-order chi connectivity index (χ0) is 8.77. The molecule has 0 aliphatic carbocycles. The van der Waals surface area contributed by atoms with E-state index in [9.17, 15) is 0 Å². The summed E-state index contributed by atoms with van der Waals surface area (Å²) in [5.41, 5.74) is 0.693. The topological polar surface area (TPSA) is 6.48 Å². The van der Waals surface area contributed by atoms with Gasteiger partial charge in [-0.25, -0.2) is 0 Å². The summed E-state index contributed by atoms with van der Waals surface area (Å²) < 4.78 is 0. The molecule has 0 aromatic heterocycles. The molecule has 0 atom stereocenters. The normalized spacial score (nSPS) is 27.7. The number of rotatable bonds is 1. The summed E-state index contributed by atoms with van der Waals surface area (Å²) in [6.07, 6.45) is 1.43. The lowest BCUT2D eigenvalue weighted by Crippen LogP contribution is -2.55. The molecule has 2 aliphatic rings. The Balaban J connectivity index is 0.000000845. The van der Waals surface area contributed by atoms with E-state index >= 15 is 0 Å². The average molecular weight is 184 g/mol. The van der Waals surface area contributed by atoms with Crippen LogP contribution >= 0.6 is 0 Å². The summed E-state index contributed by atoms with van der Waals surface area (Å²) in [5.74, 6) is 0. The van der Waals surface area contributed by atoms with Gasteiger partial charge in [-0.15, -0.1) is 0 Å². The van der Waals surface area contributed by atoms with Crippen LogP contribution in [0.1, 0.15) is 27.7 Å². The van der Waals surface area contributed by atoms with Crippen molar-refractivity contribution in [2.24, 2.45) is 5.41 Å². The molecule has 0 unspecified atom stereocenters. The van der Waals surface area contributed by atoms with E-state index in [2.05, 4.69) is 30.7 Å². The maximum atomic E-state index is 2.62. The summed E-state index contributed by atoms with van der Waals surface area (Å²) in [6.45, 7) is 9.94. The third kappa shape index (κ3) is 1.89. The summed E-state index contributed by atoms with van der Waals surface area (Å²) in [4.78, 5) is 5.05. The Morgan fingerprint density at radius 1 is 1.15 bits per heavy atom. The van der Waals surface area contributed by atoms with Gasteiger partial charge in [0.25, 0.3) is 0 Å². The van der Waals surface area contributed by atoms with E-state index < -0.39 is 0 Å². The second-order valence-corrected chi connectivity index (χ2v) is 4.99. The molecule has 0 aromatic carbocycles. The largest absolute Gasteiger partial charge is 0.305 e. The highest BCUT2D eigenvalue weighted by Crippen LogP contribution is 2.38. The maximum absolute atomic E-state index is 2.62. The molecule has 1 spiro atoms. The Hall–Kier alpha value is -0.0800. The number of likely N-dealkylation sites (tertiary alicyclic amines) is 2. The van der Waals surface area contributed by atoms with Crippen LogP contribution in [0.25, 0.3) is 0 Å². The zero-order valence-electron chi connectivity index (χ0n) is 8.51. The molecule has 2 rings (SSSR count). The average Bonchev–Trinajstić information content (AvgIpc) is 2.31. The number of nitrogens with zero attached hydrogens (tertiary/aromatic N) is 2. The van der Waals surface area contributed by atoms with Crippen molar-refractivity contribution in [1.82, 2.24) is 9.80 Å². The van der Waals surface area contributed by atoms with Gasteiger partial charge < -0.3 is 9.80 Å². The van der Waals surface area contributed by atoms with Crippen LogP contribution in [0.5, 0.6) is 0 Å². The molecule has 78 valence electrons. The molecule has 0 amide bonds. The SMILES string of the molecule is C.CC(C)N1CCC2(CN(C)C2)C1. The minimum Gasteiger partial charge on any atom is -0.305 e. The van der Waals surface area contributed by atoms with E-state index in [1.54, 1.807) is 0 Å². The molecule has 0 bridgehead atoms. The van der Waals surface area contributed by atoms with Gasteiger partial charge in [0.2, 0.25) is 0 Å². The Bertz CT molecular complexity index is 171. The van der Waals surface area contributed by atoms with Crippen molar-refractivity contribution in [3.05, 3.63) is 0 Å². The third-order valence-electron chi connectivity index (χ3n) is 3.41. The first-order valence-corrected chi connectivity index (χ1v) is 5.04. The van der Waals surface area contributed by atoms with E-state index in [1.165, 1.54) is 32.6 Å². The Labute approximate surface area is 82.9 Å². The molecule has 2 saturated heterocycles. The Morgan fingerprint density at radius 3 is 2.15 bits per heavy atom. The van der Waals surface area contributed by atoms with Gasteiger partial charge in [0.05, 0.1) is 0 Å². The van der Waals surface area contributed by atoms with Crippen molar-refractivity contribution < 1.29 is 0 Å². The quantitative estimate of drug-likeness (QED) is 0.611. The van der Waals surface area contributed by atoms with E-state index in [4.69, 9.17) is 0 Å². The van der Waals surface area contributed by atoms with Crippen LogP contribution in [0.4, 0.5) is 0 Å². The fraction of sp³-hybridized carbons (Fsp3) is 1.00. The fourth-order valence-corrected chi connectivity index (χ4v) is 2.77. The summed E-state index contributed by atoms with van der Waals surface area (Å²) >= 11 is 0. The van der Waals surface area contributed by atoms with Crippen LogP contribution in [-0.2, 0) is 0 Å². The van der Waals surface area contributed by atoms with Crippen molar-refractivity contribution in [3.63, 3.8) is 0 Å². The predicted molar refractivity (Wildman–Crippen MR) is 58.0 cm³/mol. The van der Waals surface area contributed by atoms with Gasteiger partial charge in [0.15, 0.2) is 0 Å². The molecule has 13 heavy (non-hydrogen) atoms.